The van der Waals surface area contributed by atoms with Crippen molar-refractivity contribution in [1.29, 1.82) is 0 Å². The quantitative estimate of drug-likeness (QED) is 0.630. The van der Waals surface area contributed by atoms with Crippen molar-refractivity contribution in [3.63, 3.8) is 0 Å². The van der Waals surface area contributed by atoms with Gasteiger partial charge in [0.05, 0.1) is 18.1 Å². The zero-order valence-corrected chi connectivity index (χ0v) is 11.4. The lowest BCUT2D eigenvalue weighted by Crippen LogP contribution is -2.27. The Balaban J connectivity index is 2.18. The van der Waals surface area contributed by atoms with Crippen LogP contribution in [0.1, 0.15) is 29.1 Å². The molecule has 1 aromatic carbocycles. The zero-order chi connectivity index (χ0) is 15.4. The second-order valence-corrected chi connectivity index (χ2v) is 4.21. The summed E-state index contributed by atoms with van der Waals surface area (Å²) < 4.78 is 4.92. The van der Waals surface area contributed by atoms with Gasteiger partial charge in [-0.05, 0) is 13.0 Å². The van der Waals surface area contributed by atoms with Crippen molar-refractivity contribution in [2.45, 2.75) is 13.0 Å². The number of aromatic nitrogens is 3. The van der Waals surface area contributed by atoms with E-state index < -0.39 is 10.8 Å². The first kappa shape index (κ1) is 14.4. The fourth-order valence-corrected chi connectivity index (χ4v) is 1.74. The van der Waals surface area contributed by atoms with Crippen LogP contribution in [0, 0.1) is 10.1 Å². The molecule has 0 aliphatic rings. The Morgan fingerprint density at radius 2 is 2.29 bits per heavy atom. The zero-order valence-electron chi connectivity index (χ0n) is 11.4. The number of methoxy groups -OCH3 is 1. The largest absolute Gasteiger partial charge is 0.490 e. The average molecular weight is 291 g/mol. The van der Waals surface area contributed by atoms with Gasteiger partial charge in [0.1, 0.15) is 12.2 Å². The van der Waals surface area contributed by atoms with Crippen molar-refractivity contribution >= 4 is 11.6 Å². The number of rotatable bonds is 5. The van der Waals surface area contributed by atoms with Gasteiger partial charge in [0.15, 0.2) is 5.75 Å². The minimum absolute atomic E-state index is 0.0277. The molecule has 0 aliphatic carbocycles. The number of aromatic amines is 1. The van der Waals surface area contributed by atoms with Gasteiger partial charge in [0, 0.05) is 17.7 Å². The van der Waals surface area contributed by atoms with Gasteiger partial charge in [-0.2, -0.15) is 5.10 Å². The van der Waals surface area contributed by atoms with Crippen LogP contribution in [0.15, 0.2) is 24.5 Å². The van der Waals surface area contributed by atoms with Crippen LogP contribution in [0.3, 0.4) is 0 Å². The molecule has 0 aliphatic heterocycles. The smallest absolute Gasteiger partial charge is 0.310 e. The molecule has 2 aromatic rings. The van der Waals surface area contributed by atoms with Crippen LogP contribution >= 0.6 is 0 Å². The lowest BCUT2D eigenvalue weighted by atomic mass is 10.1. The third kappa shape index (κ3) is 3.14. The van der Waals surface area contributed by atoms with Gasteiger partial charge in [0.25, 0.3) is 5.91 Å². The van der Waals surface area contributed by atoms with Gasteiger partial charge >= 0.3 is 5.69 Å². The van der Waals surface area contributed by atoms with E-state index in [0.717, 1.165) is 0 Å². The minimum atomic E-state index is -0.572. The van der Waals surface area contributed by atoms with Crippen LogP contribution in [-0.2, 0) is 0 Å². The number of nitrogens with one attached hydrogen (secondary N) is 2. The predicted octanol–water partition coefficient (Wildman–Crippen LogP) is 1.21. The van der Waals surface area contributed by atoms with E-state index in [4.69, 9.17) is 4.74 Å². The molecule has 1 heterocycles. The van der Waals surface area contributed by atoms with Crippen molar-refractivity contribution in [1.82, 2.24) is 20.5 Å². The molecule has 0 radical (unpaired) electrons. The van der Waals surface area contributed by atoms with Crippen molar-refractivity contribution in [3.05, 3.63) is 46.0 Å². The van der Waals surface area contributed by atoms with Gasteiger partial charge < -0.3 is 10.1 Å². The Labute approximate surface area is 119 Å². The van der Waals surface area contributed by atoms with Crippen LogP contribution in [0.4, 0.5) is 5.69 Å². The highest BCUT2D eigenvalue weighted by atomic mass is 16.6. The highest BCUT2D eigenvalue weighted by molar-refractivity contribution is 5.95. The third-order valence-corrected chi connectivity index (χ3v) is 2.83. The van der Waals surface area contributed by atoms with Crippen molar-refractivity contribution in [2.75, 3.05) is 7.11 Å². The van der Waals surface area contributed by atoms with Crippen LogP contribution in [-0.4, -0.2) is 33.1 Å². The molecule has 9 nitrogen and oxygen atoms in total. The number of hydrogen-bond donors (Lipinski definition) is 2. The maximum atomic E-state index is 12.1. The molecule has 1 amide bonds. The summed E-state index contributed by atoms with van der Waals surface area (Å²) in [4.78, 5) is 26.3. The summed E-state index contributed by atoms with van der Waals surface area (Å²) in [6, 6.07) is 3.54. The molecule has 21 heavy (non-hydrogen) atoms. The number of amides is 1. The molecule has 0 fully saturated rings. The standard InChI is InChI=1S/C12H13N5O4/c1-7(11-13-6-14-16-11)15-12(18)8-3-4-9(17(19)20)10(5-8)21-2/h3-7H,1-2H3,(H,15,18)(H,13,14,16). The predicted molar refractivity (Wildman–Crippen MR) is 71.9 cm³/mol. The Morgan fingerprint density at radius 3 is 2.86 bits per heavy atom. The fourth-order valence-electron chi connectivity index (χ4n) is 1.74. The monoisotopic (exact) mass is 291 g/mol. The van der Waals surface area contributed by atoms with Crippen molar-refractivity contribution in [3.8, 4) is 5.75 Å². The highest BCUT2D eigenvalue weighted by Crippen LogP contribution is 2.27. The van der Waals surface area contributed by atoms with E-state index in [9.17, 15) is 14.9 Å². The normalized spacial score (nSPS) is 11.7. The van der Waals surface area contributed by atoms with Crippen LogP contribution < -0.4 is 10.1 Å². The Kier molecular flexibility index (Phi) is 4.12. The number of carbonyl (C=O) groups is 1. The SMILES string of the molecule is COc1cc(C(=O)NC(C)c2ncn[nH]2)ccc1[N+](=O)[O-]. The molecule has 110 valence electrons. The Bertz CT molecular complexity index is 656. The van der Waals surface area contributed by atoms with E-state index in [0.29, 0.717) is 5.82 Å². The Morgan fingerprint density at radius 1 is 1.52 bits per heavy atom. The van der Waals surface area contributed by atoms with E-state index in [1.807, 2.05) is 0 Å². The maximum Gasteiger partial charge on any atom is 0.310 e. The van der Waals surface area contributed by atoms with Gasteiger partial charge in [-0.25, -0.2) is 4.98 Å². The molecule has 9 heteroatoms. The first-order valence-corrected chi connectivity index (χ1v) is 6.01. The Hall–Kier alpha value is -2.97. The van der Waals surface area contributed by atoms with Crippen LogP contribution in [0.25, 0.3) is 0 Å². The van der Waals surface area contributed by atoms with Gasteiger partial charge in [-0.3, -0.25) is 20.0 Å². The topological polar surface area (TPSA) is 123 Å². The van der Waals surface area contributed by atoms with Crippen LogP contribution in [0.5, 0.6) is 5.75 Å². The van der Waals surface area contributed by atoms with E-state index in [1.165, 1.54) is 31.6 Å². The molecule has 1 atom stereocenters. The second-order valence-electron chi connectivity index (χ2n) is 4.21. The first-order valence-electron chi connectivity index (χ1n) is 6.01. The molecule has 2 N–H and O–H groups in total. The minimum Gasteiger partial charge on any atom is -0.490 e. The summed E-state index contributed by atoms with van der Waals surface area (Å²) in [6.45, 7) is 1.74. The number of benzene rings is 1. The molecule has 1 unspecified atom stereocenters. The second kappa shape index (κ2) is 5.99. The van der Waals surface area contributed by atoms with E-state index in [2.05, 4.69) is 20.5 Å². The molecule has 0 spiro atoms. The maximum absolute atomic E-state index is 12.1. The number of ether oxygens (including phenoxy) is 1. The molecule has 0 bridgehead atoms. The van der Waals surface area contributed by atoms with E-state index in [1.54, 1.807) is 6.92 Å². The number of nitro groups is 1. The molecule has 0 saturated heterocycles. The number of nitro benzene ring substituents is 1. The summed E-state index contributed by atoms with van der Waals surface area (Å²) >= 11 is 0. The molecular formula is C12H13N5O4. The first-order chi connectivity index (χ1) is 10.0. The highest BCUT2D eigenvalue weighted by Gasteiger charge is 2.19. The fraction of sp³-hybridized carbons (Fsp3) is 0.250. The number of H-pyrrole nitrogens is 1. The summed E-state index contributed by atoms with van der Waals surface area (Å²) in [7, 11) is 1.31. The van der Waals surface area contributed by atoms with Gasteiger partial charge in [-0.15, -0.1) is 0 Å². The molecule has 2 rings (SSSR count). The van der Waals surface area contributed by atoms with Crippen molar-refractivity contribution < 1.29 is 14.5 Å². The average Bonchev–Trinajstić information content (AvgIpc) is 3.00. The van der Waals surface area contributed by atoms with E-state index in [-0.39, 0.29) is 23.0 Å². The lowest BCUT2D eigenvalue weighted by molar-refractivity contribution is -0.385. The van der Waals surface area contributed by atoms with E-state index >= 15 is 0 Å². The summed E-state index contributed by atoms with van der Waals surface area (Å²) in [5.74, 6) is 0.143. The molecule has 1 aromatic heterocycles. The molecular weight excluding hydrogens is 278 g/mol. The van der Waals surface area contributed by atoms with Gasteiger partial charge in [0.2, 0.25) is 0 Å². The van der Waals surface area contributed by atoms with Gasteiger partial charge in [-0.1, -0.05) is 0 Å². The third-order valence-electron chi connectivity index (χ3n) is 2.83. The van der Waals surface area contributed by atoms with Crippen molar-refractivity contribution in [2.24, 2.45) is 0 Å². The summed E-state index contributed by atoms with van der Waals surface area (Å²) in [6.07, 6.45) is 1.34. The molecule has 0 saturated carbocycles. The number of nitrogens with zero attached hydrogens (tertiary/aromatic N) is 3. The lowest BCUT2D eigenvalue weighted by Gasteiger charge is -2.11. The number of carbonyl (C=O) groups excluding carboxylic acids is 1. The summed E-state index contributed by atoms with van der Waals surface area (Å²) in [5, 5.41) is 19.9. The summed E-state index contributed by atoms with van der Waals surface area (Å²) in [5.41, 5.74) is 0.0566. The number of hydrogen-bond acceptors (Lipinski definition) is 6. The van der Waals surface area contributed by atoms with Crippen LogP contribution in [0.2, 0.25) is 0 Å².